The number of nitrogens with zero attached hydrogens (tertiary/aromatic N) is 2. The lowest BCUT2D eigenvalue weighted by molar-refractivity contribution is 0.102. The van der Waals surface area contributed by atoms with Crippen LogP contribution in [-0.4, -0.2) is 19.9 Å². The zero-order valence-corrected chi connectivity index (χ0v) is 16.4. The van der Waals surface area contributed by atoms with E-state index in [4.69, 9.17) is 0 Å². The number of amides is 1. The zero-order chi connectivity index (χ0) is 19.1. The van der Waals surface area contributed by atoms with E-state index in [1.54, 1.807) is 4.68 Å². The van der Waals surface area contributed by atoms with Crippen LogP contribution in [0.1, 0.15) is 38.3 Å². The summed E-state index contributed by atoms with van der Waals surface area (Å²) in [5.74, 6) is 1.28. The minimum Gasteiger partial charge on any atom is -0.306 e. The summed E-state index contributed by atoms with van der Waals surface area (Å²) in [7, 11) is -0.962. The predicted octanol–water partition coefficient (Wildman–Crippen LogP) is 3.81. The summed E-state index contributed by atoms with van der Waals surface area (Å²) in [4.78, 5) is 12.8. The molecule has 1 aliphatic heterocycles. The number of anilines is 1. The van der Waals surface area contributed by atoms with Crippen molar-refractivity contribution in [1.29, 1.82) is 0 Å². The molecular weight excluding hydrogens is 358 g/mol. The fraction of sp³-hybridized carbons (Fsp3) is 0.238. The van der Waals surface area contributed by atoms with Crippen LogP contribution < -0.4 is 5.32 Å². The van der Waals surface area contributed by atoms with Gasteiger partial charge in [-0.25, -0.2) is 4.68 Å². The number of hydrogen-bond acceptors (Lipinski definition) is 3. The normalized spacial score (nSPS) is 15.6. The fourth-order valence-electron chi connectivity index (χ4n) is 3.28. The molecule has 0 fully saturated rings. The third-order valence-corrected chi connectivity index (χ3v) is 6.23. The Hall–Kier alpha value is -2.73. The van der Waals surface area contributed by atoms with Crippen LogP contribution >= 0.6 is 0 Å². The summed E-state index contributed by atoms with van der Waals surface area (Å²) in [5.41, 5.74) is 6.54. The first-order valence-corrected chi connectivity index (χ1v) is 10.3. The highest BCUT2D eigenvalue weighted by Crippen LogP contribution is 2.32. The van der Waals surface area contributed by atoms with E-state index in [-0.39, 0.29) is 5.91 Å². The van der Waals surface area contributed by atoms with E-state index >= 15 is 0 Å². The van der Waals surface area contributed by atoms with E-state index in [0.29, 0.717) is 22.9 Å². The van der Waals surface area contributed by atoms with Crippen molar-refractivity contribution in [3.63, 3.8) is 0 Å². The SMILES string of the molecule is Cc1ccc(C(=O)Nc2c3c(nn2-c2cccc(C)c2C)C[S@](=O)C3)cc1. The van der Waals surface area contributed by atoms with Crippen molar-refractivity contribution in [2.24, 2.45) is 0 Å². The van der Waals surface area contributed by atoms with Crippen molar-refractivity contribution in [3.8, 4) is 5.69 Å². The van der Waals surface area contributed by atoms with Crippen LogP contribution in [0, 0.1) is 20.8 Å². The van der Waals surface area contributed by atoms with Crippen LogP contribution in [0.15, 0.2) is 42.5 Å². The molecule has 1 N–H and O–H groups in total. The number of benzene rings is 2. The predicted molar refractivity (Wildman–Crippen MR) is 108 cm³/mol. The lowest BCUT2D eigenvalue weighted by atomic mass is 10.1. The Labute approximate surface area is 160 Å². The third-order valence-electron chi connectivity index (χ3n) is 5.02. The molecule has 138 valence electrons. The van der Waals surface area contributed by atoms with Crippen molar-refractivity contribution in [3.05, 3.63) is 76.0 Å². The molecule has 2 heterocycles. The second kappa shape index (κ2) is 6.78. The maximum absolute atomic E-state index is 12.8. The highest BCUT2D eigenvalue weighted by Gasteiger charge is 2.29. The van der Waals surface area contributed by atoms with Crippen molar-refractivity contribution < 1.29 is 9.00 Å². The molecule has 1 aromatic heterocycles. The summed E-state index contributed by atoms with van der Waals surface area (Å²) in [6.07, 6.45) is 0. The second-order valence-electron chi connectivity index (χ2n) is 6.95. The van der Waals surface area contributed by atoms with Crippen LogP contribution in [0.25, 0.3) is 5.69 Å². The van der Waals surface area contributed by atoms with Crippen molar-refractivity contribution in [2.75, 3.05) is 5.32 Å². The van der Waals surface area contributed by atoms with Gasteiger partial charge in [-0.15, -0.1) is 0 Å². The first-order chi connectivity index (χ1) is 12.9. The molecule has 0 saturated heterocycles. The van der Waals surface area contributed by atoms with Crippen molar-refractivity contribution in [2.45, 2.75) is 32.3 Å². The Kier molecular flexibility index (Phi) is 4.44. The van der Waals surface area contributed by atoms with Gasteiger partial charge in [0.1, 0.15) is 5.82 Å². The number of fused-ring (bicyclic) bond motifs is 1. The maximum atomic E-state index is 12.8. The minimum absolute atomic E-state index is 0.193. The Morgan fingerprint density at radius 1 is 1.07 bits per heavy atom. The number of carbonyl (C=O) groups excluding carboxylic acids is 1. The number of carbonyl (C=O) groups is 1. The number of aromatic nitrogens is 2. The Morgan fingerprint density at radius 3 is 2.56 bits per heavy atom. The first-order valence-electron chi connectivity index (χ1n) is 8.84. The molecule has 1 amide bonds. The van der Waals surface area contributed by atoms with Gasteiger partial charge < -0.3 is 5.32 Å². The number of hydrogen-bond donors (Lipinski definition) is 1. The van der Waals surface area contributed by atoms with Crippen LogP contribution in [0.4, 0.5) is 5.82 Å². The molecule has 0 unspecified atom stereocenters. The standard InChI is InChI=1S/C21H21N3O2S/c1-13-7-9-16(10-8-13)21(25)22-20-17-11-27(26)12-18(17)23-24(20)19-6-4-5-14(2)15(19)3/h4-10H,11-12H2,1-3H3,(H,22,25)/t27-/m1/s1. The van der Waals surface area contributed by atoms with Gasteiger partial charge in [0.2, 0.25) is 0 Å². The molecule has 3 aromatic rings. The van der Waals surface area contributed by atoms with Crippen LogP contribution in [0.5, 0.6) is 0 Å². The maximum Gasteiger partial charge on any atom is 0.256 e. The van der Waals surface area contributed by atoms with Crippen molar-refractivity contribution in [1.82, 2.24) is 9.78 Å². The molecule has 0 radical (unpaired) electrons. The molecule has 0 aliphatic carbocycles. The average molecular weight is 379 g/mol. The summed E-state index contributed by atoms with van der Waals surface area (Å²) in [5, 5.41) is 7.70. The molecule has 2 aromatic carbocycles. The van der Waals surface area contributed by atoms with Gasteiger partial charge >= 0.3 is 0 Å². The number of nitrogens with one attached hydrogen (secondary N) is 1. The van der Waals surface area contributed by atoms with Gasteiger partial charge in [0.25, 0.3) is 5.91 Å². The van der Waals surface area contributed by atoms with Gasteiger partial charge in [0, 0.05) is 21.9 Å². The molecule has 1 aliphatic rings. The molecule has 0 saturated carbocycles. The molecule has 1 atom stereocenters. The molecular formula is C21H21N3O2S. The Morgan fingerprint density at radius 2 is 1.81 bits per heavy atom. The largest absolute Gasteiger partial charge is 0.306 e. The van der Waals surface area contributed by atoms with Gasteiger partial charge in [-0.1, -0.05) is 29.8 Å². The molecule has 0 bridgehead atoms. The van der Waals surface area contributed by atoms with Gasteiger partial charge in [-0.05, 0) is 50.1 Å². The lowest BCUT2D eigenvalue weighted by Crippen LogP contribution is -2.17. The molecule has 6 heteroatoms. The highest BCUT2D eigenvalue weighted by atomic mass is 32.2. The van der Waals surface area contributed by atoms with Gasteiger partial charge in [0.15, 0.2) is 0 Å². The molecule has 0 spiro atoms. The molecule has 4 rings (SSSR count). The summed E-state index contributed by atoms with van der Waals surface area (Å²) in [6, 6.07) is 13.5. The average Bonchev–Trinajstić information content (AvgIpc) is 3.15. The van der Waals surface area contributed by atoms with E-state index < -0.39 is 10.8 Å². The molecule has 27 heavy (non-hydrogen) atoms. The van der Waals surface area contributed by atoms with E-state index in [1.807, 2.05) is 50.2 Å². The Bertz CT molecular complexity index is 1070. The smallest absolute Gasteiger partial charge is 0.256 e. The number of rotatable bonds is 3. The van der Waals surface area contributed by atoms with Gasteiger partial charge in [-0.3, -0.25) is 9.00 Å². The third kappa shape index (κ3) is 3.21. The topological polar surface area (TPSA) is 64.0 Å². The van der Waals surface area contributed by atoms with E-state index in [1.165, 1.54) is 0 Å². The summed E-state index contributed by atoms with van der Waals surface area (Å²) >= 11 is 0. The quantitative estimate of drug-likeness (QED) is 0.753. The summed E-state index contributed by atoms with van der Waals surface area (Å²) < 4.78 is 13.8. The lowest BCUT2D eigenvalue weighted by Gasteiger charge is -2.14. The van der Waals surface area contributed by atoms with Crippen LogP contribution in [0.3, 0.4) is 0 Å². The Balaban J connectivity index is 1.79. The number of aryl methyl sites for hydroxylation is 2. The van der Waals surface area contributed by atoms with E-state index in [9.17, 15) is 9.00 Å². The van der Waals surface area contributed by atoms with Crippen molar-refractivity contribution >= 4 is 22.5 Å². The van der Waals surface area contributed by atoms with E-state index in [2.05, 4.69) is 23.4 Å². The monoisotopic (exact) mass is 379 g/mol. The van der Waals surface area contributed by atoms with Crippen LogP contribution in [-0.2, 0) is 22.3 Å². The van der Waals surface area contributed by atoms with Crippen LogP contribution in [0.2, 0.25) is 0 Å². The second-order valence-corrected chi connectivity index (χ2v) is 8.41. The minimum atomic E-state index is -0.962. The fourth-order valence-corrected chi connectivity index (χ4v) is 4.54. The summed E-state index contributed by atoms with van der Waals surface area (Å²) in [6.45, 7) is 6.08. The molecule has 5 nitrogen and oxygen atoms in total. The van der Waals surface area contributed by atoms with E-state index in [0.717, 1.165) is 33.6 Å². The highest BCUT2D eigenvalue weighted by molar-refractivity contribution is 7.83. The first kappa shape index (κ1) is 17.7. The van der Waals surface area contributed by atoms with Gasteiger partial charge in [-0.2, -0.15) is 5.10 Å². The van der Waals surface area contributed by atoms with Gasteiger partial charge in [0.05, 0.1) is 22.9 Å². The zero-order valence-electron chi connectivity index (χ0n) is 15.6.